The van der Waals surface area contributed by atoms with Gasteiger partial charge in [-0.1, -0.05) is 20.8 Å². The largest absolute Gasteiger partial charge is 0.369 e. The van der Waals surface area contributed by atoms with E-state index < -0.39 is 0 Å². The van der Waals surface area contributed by atoms with Gasteiger partial charge in [0.25, 0.3) is 0 Å². The number of piperazine rings is 1. The van der Waals surface area contributed by atoms with Crippen molar-refractivity contribution in [2.45, 2.75) is 26.2 Å². The molecule has 1 fully saturated rings. The van der Waals surface area contributed by atoms with Crippen molar-refractivity contribution in [2.75, 3.05) is 38.1 Å². The molecule has 0 spiro atoms. The summed E-state index contributed by atoms with van der Waals surface area (Å²) in [5.74, 6) is 0. The van der Waals surface area contributed by atoms with Crippen molar-refractivity contribution < 1.29 is 0 Å². The third-order valence-corrected chi connectivity index (χ3v) is 4.28. The molecule has 20 heavy (non-hydrogen) atoms. The van der Waals surface area contributed by atoms with Crippen LogP contribution in [0.4, 0.5) is 5.69 Å². The van der Waals surface area contributed by atoms with Gasteiger partial charge in [0, 0.05) is 53.9 Å². The SMILES string of the molecule is CN1CCN(c2ccc3[nH]c(C(C)(C)C)cc3c2)CC1. The minimum Gasteiger partial charge on any atom is -0.369 e. The predicted octanol–water partition coefficient (Wildman–Crippen LogP) is 3.22. The number of nitrogens with zero attached hydrogens (tertiary/aromatic N) is 2. The zero-order chi connectivity index (χ0) is 14.3. The van der Waals surface area contributed by atoms with Crippen molar-refractivity contribution in [1.82, 2.24) is 9.88 Å². The normalized spacial score (nSPS) is 17.9. The Bertz CT molecular complexity index is 598. The number of aromatic amines is 1. The van der Waals surface area contributed by atoms with Gasteiger partial charge >= 0.3 is 0 Å². The number of nitrogens with one attached hydrogen (secondary N) is 1. The minimum atomic E-state index is 0.174. The molecule has 2 heterocycles. The molecule has 0 atom stereocenters. The molecule has 3 rings (SSSR count). The Morgan fingerprint density at radius 1 is 1.00 bits per heavy atom. The quantitative estimate of drug-likeness (QED) is 0.860. The highest BCUT2D eigenvalue weighted by molar-refractivity contribution is 5.84. The van der Waals surface area contributed by atoms with Crippen LogP contribution in [0.3, 0.4) is 0 Å². The molecule has 0 radical (unpaired) electrons. The van der Waals surface area contributed by atoms with Gasteiger partial charge in [0.05, 0.1) is 0 Å². The van der Waals surface area contributed by atoms with Crippen LogP contribution in [0.1, 0.15) is 26.5 Å². The average Bonchev–Trinajstić information content (AvgIpc) is 2.82. The van der Waals surface area contributed by atoms with Gasteiger partial charge in [0.2, 0.25) is 0 Å². The van der Waals surface area contributed by atoms with Crippen LogP contribution in [0.15, 0.2) is 24.3 Å². The lowest BCUT2D eigenvalue weighted by atomic mass is 9.92. The second-order valence-electron chi connectivity index (χ2n) is 6.99. The van der Waals surface area contributed by atoms with Crippen molar-refractivity contribution in [3.05, 3.63) is 30.0 Å². The number of fused-ring (bicyclic) bond motifs is 1. The Morgan fingerprint density at radius 2 is 1.70 bits per heavy atom. The number of H-pyrrole nitrogens is 1. The van der Waals surface area contributed by atoms with E-state index in [0.717, 1.165) is 26.2 Å². The molecule has 1 aliphatic rings. The molecule has 108 valence electrons. The van der Waals surface area contributed by atoms with Gasteiger partial charge in [-0.25, -0.2) is 0 Å². The lowest BCUT2D eigenvalue weighted by Crippen LogP contribution is -2.44. The van der Waals surface area contributed by atoms with Gasteiger partial charge in [0.1, 0.15) is 0 Å². The molecule has 2 aromatic rings. The summed E-state index contributed by atoms with van der Waals surface area (Å²) >= 11 is 0. The molecule has 0 amide bonds. The van der Waals surface area contributed by atoms with Gasteiger partial charge in [-0.3, -0.25) is 0 Å². The first kappa shape index (κ1) is 13.5. The first-order chi connectivity index (χ1) is 9.43. The van der Waals surface area contributed by atoms with Gasteiger partial charge in [0.15, 0.2) is 0 Å². The number of aromatic nitrogens is 1. The van der Waals surface area contributed by atoms with Gasteiger partial charge in [-0.15, -0.1) is 0 Å². The van der Waals surface area contributed by atoms with Crippen LogP contribution in [0.2, 0.25) is 0 Å². The Hall–Kier alpha value is -1.48. The summed E-state index contributed by atoms with van der Waals surface area (Å²) in [6, 6.07) is 9.09. The first-order valence-corrected chi connectivity index (χ1v) is 7.50. The molecular formula is C17H25N3. The summed E-state index contributed by atoms with van der Waals surface area (Å²) in [6.07, 6.45) is 0. The van der Waals surface area contributed by atoms with Gasteiger partial charge in [-0.2, -0.15) is 0 Å². The summed E-state index contributed by atoms with van der Waals surface area (Å²) in [5.41, 5.74) is 4.08. The number of hydrogen-bond acceptors (Lipinski definition) is 2. The second kappa shape index (κ2) is 4.81. The van der Waals surface area contributed by atoms with Gasteiger partial charge < -0.3 is 14.8 Å². The third kappa shape index (κ3) is 2.55. The fourth-order valence-electron chi connectivity index (χ4n) is 2.79. The number of hydrogen-bond donors (Lipinski definition) is 1. The fraction of sp³-hybridized carbons (Fsp3) is 0.529. The van der Waals surface area contributed by atoms with Crippen molar-refractivity contribution in [2.24, 2.45) is 0 Å². The summed E-state index contributed by atoms with van der Waals surface area (Å²) in [4.78, 5) is 8.43. The maximum Gasteiger partial charge on any atom is 0.0457 e. The molecule has 0 aliphatic carbocycles. The van der Waals surface area contributed by atoms with Crippen molar-refractivity contribution >= 4 is 16.6 Å². The number of likely N-dealkylation sites (N-methyl/N-ethyl adjacent to an activating group) is 1. The van der Waals surface area contributed by atoms with E-state index in [2.05, 4.69) is 66.9 Å². The maximum absolute atomic E-state index is 3.55. The molecule has 1 aromatic carbocycles. The van der Waals surface area contributed by atoms with Crippen LogP contribution in [0.25, 0.3) is 10.9 Å². The summed E-state index contributed by atoms with van der Waals surface area (Å²) in [6.45, 7) is 11.3. The number of anilines is 1. The van der Waals surface area contributed by atoms with E-state index in [9.17, 15) is 0 Å². The molecule has 1 saturated heterocycles. The monoisotopic (exact) mass is 271 g/mol. The van der Waals surface area contributed by atoms with Crippen LogP contribution in [-0.2, 0) is 5.41 Å². The predicted molar refractivity (Wildman–Crippen MR) is 86.7 cm³/mol. The lowest BCUT2D eigenvalue weighted by molar-refractivity contribution is 0.313. The second-order valence-corrected chi connectivity index (χ2v) is 6.99. The van der Waals surface area contributed by atoms with Crippen LogP contribution >= 0.6 is 0 Å². The van der Waals surface area contributed by atoms with Crippen molar-refractivity contribution in [3.63, 3.8) is 0 Å². The van der Waals surface area contributed by atoms with Crippen molar-refractivity contribution in [1.29, 1.82) is 0 Å². The molecule has 3 heteroatoms. The van der Waals surface area contributed by atoms with Crippen molar-refractivity contribution in [3.8, 4) is 0 Å². The van der Waals surface area contributed by atoms with E-state index in [1.165, 1.54) is 22.3 Å². The maximum atomic E-state index is 3.55. The fourth-order valence-corrected chi connectivity index (χ4v) is 2.79. The van der Waals surface area contributed by atoms with Gasteiger partial charge in [-0.05, 0) is 31.3 Å². The van der Waals surface area contributed by atoms with E-state index in [0.29, 0.717) is 0 Å². The highest BCUT2D eigenvalue weighted by Crippen LogP contribution is 2.28. The van der Waals surface area contributed by atoms with E-state index in [1.54, 1.807) is 0 Å². The van der Waals surface area contributed by atoms with E-state index >= 15 is 0 Å². The molecule has 1 aromatic heterocycles. The smallest absolute Gasteiger partial charge is 0.0457 e. The minimum absolute atomic E-state index is 0.174. The number of benzene rings is 1. The molecule has 0 bridgehead atoms. The third-order valence-electron chi connectivity index (χ3n) is 4.28. The average molecular weight is 271 g/mol. The van der Waals surface area contributed by atoms with E-state index in [4.69, 9.17) is 0 Å². The number of rotatable bonds is 1. The van der Waals surface area contributed by atoms with Crippen LogP contribution in [0.5, 0.6) is 0 Å². The van der Waals surface area contributed by atoms with E-state index in [1.807, 2.05) is 0 Å². The Morgan fingerprint density at radius 3 is 2.35 bits per heavy atom. The molecule has 0 unspecified atom stereocenters. The highest BCUT2D eigenvalue weighted by atomic mass is 15.2. The molecule has 3 nitrogen and oxygen atoms in total. The van der Waals surface area contributed by atoms with Crippen LogP contribution < -0.4 is 4.90 Å². The topological polar surface area (TPSA) is 22.3 Å². The zero-order valence-electron chi connectivity index (χ0n) is 13.0. The molecule has 1 N–H and O–H groups in total. The zero-order valence-corrected chi connectivity index (χ0v) is 13.0. The molecule has 0 saturated carbocycles. The summed E-state index contributed by atoms with van der Waals surface area (Å²) in [7, 11) is 2.20. The standard InChI is InChI=1S/C17H25N3/c1-17(2,3)16-12-13-11-14(5-6-15(13)18-16)20-9-7-19(4)8-10-20/h5-6,11-12,18H,7-10H2,1-4H3. The first-order valence-electron chi connectivity index (χ1n) is 7.50. The van der Waals surface area contributed by atoms with Crippen LogP contribution in [0, 0.1) is 0 Å². The highest BCUT2D eigenvalue weighted by Gasteiger charge is 2.18. The molecular weight excluding hydrogens is 246 g/mol. The Labute approximate surface area is 121 Å². The Kier molecular flexibility index (Phi) is 3.25. The van der Waals surface area contributed by atoms with E-state index in [-0.39, 0.29) is 5.41 Å². The summed E-state index contributed by atoms with van der Waals surface area (Å²) < 4.78 is 0. The lowest BCUT2D eigenvalue weighted by Gasteiger charge is -2.34. The Balaban J connectivity index is 1.90. The van der Waals surface area contributed by atoms with Crippen LogP contribution in [-0.4, -0.2) is 43.1 Å². The summed E-state index contributed by atoms with van der Waals surface area (Å²) in [5, 5.41) is 1.33. The molecule has 1 aliphatic heterocycles.